The molecule has 2 fully saturated rings. The lowest BCUT2D eigenvalue weighted by Crippen LogP contribution is -2.58. The highest BCUT2D eigenvalue weighted by Crippen LogP contribution is 2.36. The molecule has 4 N–H and O–H groups in total. The van der Waals surface area contributed by atoms with E-state index in [-0.39, 0.29) is 11.9 Å². The highest BCUT2D eigenvalue weighted by molar-refractivity contribution is 5.92. The van der Waals surface area contributed by atoms with Gasteiger partial charge in [0, 0.05) is 13.1 Å². The fourth-order valence-electron chi connectivity index (χ4n) is 4.30. The Morgan fingerprint density at radius 3 is 2.38 bits per heavy atom. The van der Waals surface area contributed by atoms with E-state index in [0.29, 0.717) is 25.9 Å². The minimum Gasteiger partial charge on any atom is -0.480 e. The number of carbonyl (C=O) groups excluding carboxylic acids is 2. The number of amides is 2. The Labute approximate surface area is 170 Å². The molecule has 0 radical (unpaired) electrons. The number of benzene rings is 1. The molecular weight excluding hydrogens is 374 g/mol. The SMILES string of the molecule is CC(O)[C@@H](NC(=O)C1(c2ccccc2)CCN(C(=O)[C@@H]2CCCN2)CC1)C(=O)O. The van der Waals surface area contributed by atoms with Crippen LogP contribution in [0.3, 0.4) is 0 Å². The van der Waals surface area contributed by atoms with Crippen LogP contribution < -0.4 is 10.6 Å². The first-order chi connectivity index (χ1) is 13.8. The second kappa shape index (κ2) is 8.92. The maximum absolute atomic E-state index is 13.3. The van der Waals surface area contributed by atoms with E-state index in [1.165, 1.54) is 6.92 Å². The third-order valence-electron chi connectivity index (χ3n) is 6.08. The lowest BCUT2D eigenvalue weighted by Gasteiger charge is -2.42. The average molecular weight is 403 g/mol. The molecule has 1 aromatic rings. The second-order valence-electron chi connectivity index (χ2n) is 7.95. The van der Waals surface area contributed by atoms with Crippen molar-refractivity contribution in [3.8, 4) is 0 Å². The van der Waals surface area contributed by atoms with Gasteiger partial charge < -0.3 is 25.7 Å². The summed E-state index contributed by atoms with van der Waals surface area (Å²) in [5.41, 5.74) is -0.151. The molecule has 2 aliphatic rings. The van der Waals surface area contributed by atoms with Crippen molar-refractivity contribution >= 4 is 17.8 Å². The highest BCUT2D eigenvalue weighted by Gasteiger charge is 2.45. The van der Waals surface area contributed by atoms with Gasteiger partial charge in [0.05, 0.1) is 17.6 Å². The van der Waals surface area contributed by atoms with Crippen LogP contribution in [0.5, 0.6) is 0 Å². The Morgan fingerprint density at radius 2 is 1.86 bits per heavy atom. The Balaban J connectivity index is 1.80. The maximum atomic E-state index is 13.3. The number of hydrogen-bond acceptors (Lipinski definition) is 5. The monoisotopic (exact) mass is 403 g/mol. The summed E-state index contributed by atoms with van der Waals surface area (Å²) in [6.45, 7) is 3.03. The van der Waals surface area contributed by atoms with Crippen molar-refractivity contribution in [3.63, 3.8) is 0 Å². The number of likely N-dealkylation sites (tertiary alicyclic amines) is 1. The average Bonchev–Trinajstić information content (AvgIpc) is 3.26. The zero-order valence-corrected chi connectivity index (χ0v) is 16.6. The second-order valence-corrected chi connectivity index (χ2v) is 7.95. The summed E-state index contributed by atoms with van der Waals surface area (Å²) < 4.78 is 0. The maximum Gasteiger partial charge on any atom is 0.328 e. The Bertz CT molecular complexity index is 738. The summed E-state index contributed by atoms with van der Waals surface area (Å²) in [6, 6.07) is 7.71. The molecule has 3 rings (SSSR count). The minimum absolute atomic E-state index is 0.0666. The number of aliphatic carboxylic acids is 1. The van der Waals surface area contributed by atoms with Crippen molar-refractivity contribution in [2.75, 3.05) is 19.6 Å². The van der Waals surface area contributed by atoms with Crippen LogP contribution >= 0.6 is 0 Å². The first-order valence-electron chi connectivity index (χ1n) is 10.1. The smallest absolute Gasteiger partial charge is 0.328 e. The van der Waals surface area contributed by atoms with Crippen LogP contribution in [-0.2, 0) is 19.8 Å². The third kappa shape index (κ3) is 4.43. The van der Waals surface area contributed by atoms with Crippen LogP contribution in [0, 0.1) is 0 Å². The van der Waals surface area contributed by atoms with Gasteiger partial charge in [-0.25, -0.2) is 4.79 Å². The van der Waals surface area contributed by atoms with E-state index in [1.54, 1.807) is 4.90 Å². The number of aliphatic hydroxyl groups excluding tert-OH is 1. The van der Waals surface area contributed by atoms with Crippen LogP contribution in [0.1, 0.15) is 38.2 Å². The molecule has 2 aliphatic heterocycles. The van der Waals surface area contributed by atoms with E-state index in [2.05, 4.69) is 10.6 Å². The molecule has 0 saturated carbocycles. The summed E-state index contributed by atoms with van der Waals surface area (Å²) in [7, 11) is 0. The normalized spacial score (nSPS) is 23.2. The fraction of sp³-hybridized carbons (Fsp3) is 0.571. The first kappa shape index (κ1) is 21.3. The number of carbonyl (C=O) groups is 3. The molecule has 0 spiro atoms. The standard InChI is InChI=1S/C21H29N3O5/c1-14(25)17(19(27)28)23-20(29)21(15-6-3-2-4-7-15)9-12-24(13-10-21)18(26)16-8-5-11-22-16/h2-4,6-7,14,16-17,22,25H,5,8-13H2,1H3,(H,23,29)(H,27,28)/t14?,16-,17+/m0/s1. The van der Waals surface area contributed by atoms with Gasteiger partial charge in [0.1, 0.15) is 0 Å². The van der Waals surface area contributed by atoms with Gasteiger partial charge in [-0.05, 0) is 44.7 Å². The molecule has 158 valence electrons. The van der Waals surface area contributed by atoms with E-state index >= 15 is 0 Å². The van der Waals surface area contributed by atoms with E-state index in [0.717, 1.165) is 24.9 Å². The van der Waals surface area contributed by atoms with Crippen molar-refractivity contribution in [1.82, 2.24) is 15.5 Å². The van der Waals surface area contributed by atoms with E-state index in [1.807, 2.05) is 30.3 Å². The molecule has 8 nitrogen and oxygen atoms in total. The van der Waals surface area contributed by atoms with Gasteiger partial charge in [0.15, 0.2) is 6.04 Å². The number of nitrogens with zero attached hydrogens (tertiary/aromatic N) is 1. The van der Waals surface area contributed by atoms with Gasteiger partial charge >= 0.3 is 5.97 Å². The molecule has 2 saturated heterocycles. The number of carboxylic acid groups (broad SMARTS) is 1. The molecule has 3 atom stereocenters. The molecular formula is C21H29N3O5. The van der Waals surface area contributed by atoms with Crippen molar-refractivity contribution in [1.29, 1.82) is 0 Å². The predicted molar refractivity (Wildman–Crippen MR) is 106 cm³/mol. The van der Waals surface area contributed by atoms with E-state index < -0.39 is 29.4 Å². The van der Waals surface area contributed by atoms with E-state index in [9.17, 15) is 24.6 Å². The van der Waals surface area contributed by atoms with Crippen molar-refractivity contribution in [2.24, 2.45) is 0 Å². The van der Waals surface area contributed by atoms with Crippen molar-refractivity contribution in [2.45, 2.75) is 56.2 Å². The van der Waals surface area contributed by atoms with Gasteiger partial charge in [0.2, 0.25) is 11.8 Å². The zero-order valence-electron chi connectivity index (χ0n) is 16.6. The summed E-state index contributed by atoms with van der Waals surface area (Å²) in [5, 5.41) is 24.8. The van der Waals surface area contributed by atoms with Crippen molar-refractivity contribution < 1.29 is 24.6 Å². The van der Waals surface area contributed by atoms with Gasteiger partial charge in [0.25, 0.3) is 0 Å². The van der Waals surface area contributed by atoms with Crippen LogP contribution in [0.4, 0.5) is 0 Å². The van der Waals surface area contributed by atoms with Gasteiger partial charge in [-0.1, -0.05) is 30.3 Å². The summed E-state index contributed by atoms with van der Waals surface area (Å²) >= 11 is 0. The molecule has 0 bridgehead atoms. The van der Waals surface area contributed by atoms with Gasteiger partial charge in [-0.3, -0.25) is 9.59 Å². The molecule has 8 heteroatoms. The molecule has 2 amide bonds. The Kier molecular flexibility index (Phi) is 6.54. The molecule has 29 heavy (non-hydrogen) atoms. The van der Waals surface area contributed by atoms with Crippen LogP contribution in [0.2, 0.25) is 0 Å². The lowest BCUT2D eigenvalue weighted by atomic mass is 9.71. The topological polar surface area (TPSA) is 119 Å². The molecule has 1 aromatic carbocycles. The van der Waals surface area contributed by atoms with Crippen molar-refractivity contribution in [3.05, 3.63) is 35.9 Å². The van der Waals surface area contributed by atoms with E-state index in [4.69, 9.17) is 0 Å². The minimum atomic E-state index is -1.38. The number of rotatable bonds is 6. The largest absolute Gasteiger partial charge is 0.480 e. The molecule has 2 heterocycles. The molecule has 0 aliphatic carbocycles. The third-order valence-corrected chi connectivity index (χ3v) is 6.08. The van der Waals surface area contributed by atoms with Crippen LogP contribution in [0.25, 0.3) is 0 Å². The van der Waals surface area contributed by atoms with Crippen LogP contribution in [-0.4, -0.2) is 70.7 Å². The quantitative estimate of drug-likeness (QED) is 0.541. The fourth-order valence-corrected chi connectivity index (χ4v) is 4.30. The first-order valence-corrected chi connectivity index (χ1v) is 10.1. The van der Waals surface area contributed by atoms with Gasteiger partial charge in [-0.2, -0.15) is 0 Å². The Hall–Kier alpha value is -2.45. The molecule has 1 unspecified atom stereocenters. The summed E-state index contributed by atoms with van der Waals surface area (Å²) in [5.74, 6) is -1.64. The number of nitrogens with one attached hydrogen (secondary N) is 2. The number of carboxylic acids is 1. The number of hydrogen-bond donors (Lipinski definition) is 4. The lowest BCUT2D eigenvalue weighted by molar-refractivity contribution is -0.146. The highest BCUT2D eigenvalue weighted by atomic mass is 16.4. The van der Waals surface area contributed by atoms with Gasteiger partial charge in [-0.15, -0.1) is 0 Å². The summed E-state index contributed by atoms with van der Waals surface area (Å²) in [6.07, 6.45) is 1.38. The summed E-state index contributed by atoms with van der Waals surface area (Å²) in [4.78, 5) is 39.2. The molecule has 0 aromatic heterocycles. The zero-order chi connectivity index (χ0) is 21.0. The number of aliphatic hydroxyl groups is 1. The van der Waals surface area contributed by atoms with Crippen LogP contribution in [0.15, 0.2) is 30.3 Å². The Morgan fingerprint density at radius 1 is 1.21 bits per heavy atom. The number of piperidine rings is 1. The predicted octanol–water partition coefficient (Wildman–Crippen LogP) is 0.249.